The summed E-state index contributed by atoms with van der Waals surface area (Å²) < 4.78 is 5.38. The van der Waals surface area contributed by atoms with Crippen molar-refractivity contribution in [1.29, 1.82) is 0 Å². The number of rotatable bonds is 3. The minimum Gasteiger partial charge on any atom is -0.497 e. The number of fused-ring (bicyclic) bond motifs is 5. The maximum atomic E-state index is 14.2. The number of carbonyl (C=O) groups is 2. The van der Waals surface area contributed by atoms with E-state index in [9.17, 15) is 9.59 Å². The Kier molecular flexibility index (Phi) is 5.77. The Morgan fingerprint density at radius 2 is 1.72 bits per heavy atom. The highest BCUT2D eigenvalue weighted by Gasteiger charge is 2.59. The summed E-state index contributed by atoms with van der Waals surface area (Å²) in [5, 5.41) is 3.54. The Labute approximate surface area is 216 Å². The number of urea groups is 1. The van der Waals surface area contributed by atoms with E-state index < -0.39 is 0 Å². The number of piperidine rings is 1. The Bertz CT molecular complexity index is 1070. The van der Waals surface area contributed by atoms with E-state index in [1.165, 1.54) is 32.1 Å². The fourth-order valence-electron chi connectivity index (χ4n) is 9.14. The van der Waals surface area contributed by atoms with Crippen molar-refractivity contribution in [1.82, 2.24) is 10.2 Å². The van der Waals surface area contributed by atoms with Gasteiger partial charge in [0.1, 0.15) is 5.75 Å². The Balaban J connectivity index is 1.34. The minimum absolute atomic E-state index is 0.0105. The Morgan fingerprint density at radius 3 is 2.44 bits per heavy atom. The van der Waals surface area contributed by atoms with Crippen LogP contribution in [0.25, 0.3) is 0 Å². The van der Waals surface area contributed by atoms with Gasteiger partial charge in [0.05, 0.1) is 12.6 Å². The molecule has 0 bridgehead atoms. The van der Waals surface area contributed by atoms with Gasteiger partial charge in [0.25, 0.3) is 0 Å². The van der Waals surface area contributed by atoms with E-state index in [-0.39, 0.29) is 22.8 Å². The van der Waals surface area contributed by atoms with Crippen LogP contribution in [0, 0.1) is 28.6 Å². The third kappa shape index (κ3) is 3.63. The fourth-order valence-corrected chi connectivity index (χ4v) is 9.14. The summed E-state index contributed by atoms with van der Waals surface area (Å²) in [4.78, 5) is 28.9. The zero-order valence-corrected chi connectivity index (χ0v) is 22.3. The van der Waals surface area contributed by atoms with Crippen molar-refractivity contribution < 1.29 is 14.3 Å². The number of amides is 2. The molecule has 3 saturated carbocycles. The van der Waals surface area contributed by atoms with Gasteiger partial charge in [-0.15, -0.1) is 0 Å². The molecular formula is C31H42N2O3. The normalized spacial score (nSPS) is 37.0. The number of nitrogens with one attached hydrogen (secondary N) is 1. The average molecular weight is 491 g/mol. The topological polar surface area (TPSA) is 58.6 Å². The van der Waals surface area contributed by atoms with Gasteiger partial charge in [-0.1, -0.05) is 45.2 Å². The molecule has 1 saturated heterocycles. The summed E-state index contributed by atoms with van der Waals surface area (Å²) in [7, 11) is 1.68. The molecule has 194 valence electrons. The molecule has 1 aliphatic heterocycles. The molecule has 5 aliphatic rings. The van der Waals surface area contributed by atoms with Crippen LogP contribution in [0.4, 0.5) is 4.79 Å². The lowest BCUT2D eigenvalue weighted by molar-refractivity contribution is -0.118. The van der Waals surface area contributed by atoms with E-state index in [1.807, 2.05) is 23.1 Å². The molecule has 1 aromatic carbocycles. The predicted octanol–water partition coefficient (Wildman–Crippen LogP) is 6.58. The Morgan fingerprint density at radius 1 is 0.972 bits per heavy atom. The molecule has 0 aromatic heterocycles. The van der Waals surface area contributed by atoms with E-state index in [1.54, 1.807) is 7.11 Å². The second-order valence-corrected chi connectivity index (χ2v) is 12.9. The molecular weight excluding hydrogens is 448 g/mol. The number of benzene rings is 1. The van der Waals surface area contributed by atoms with Gasteiger partial charge in [-0.25, -0.2) is 4.79 Å². The Hall–Kier alpha value is -2.30. The largest absolute Gasteiger partial charge is 0.497 e. The lowest BCUT2D eigenvalue weighted by Crippen LogP contribution is -2.61. The van der Waals surface area contributed by atoms with Crippen molar-refractivity contribution in [3.63, 3.8) is 0 Å². The molecule has 36 heavy (non-hydrogen) atoms. The first kappa shape index (κ1) is 24.1. The van der Waals surface area contributed by atoms with Crippen LogP contribution < -0.4 is 10.1 Å². The number of nitrogens with zero attached hydrogens (tertiary/aromatic N) is 1. The number of allylic oxidation sites excluding steroid dienone is 2. The van der Waals surface area contributed by atoms with Crippen LogP contribution in [0.1, 0.15) is 90.0 Å². The molecule has 5 nitrogen and oxygen atoms in total. The molecule has 2 amide bonds. The average Bonchev–Trinajstić information content (AvgIpc) is 3.51. The molecule has 4 fully saturated rings. The molecule has 1 heterocycles. The van der Waals surface area contributed by atoms with Gasteiger partial charge in [0, 0.05) is 30.2 Å². The SMILES string of the molecule is COc1ccc(C2(NC(=O)N3C[C@H]4[C@@H]5CCC[C@@]5(C)CC[C@@H]4[C@@]4(C)CCC(=O)C=C34)CCCC2)cc1. The summed E-state index contributed by atoms with van der Waals surface area (Å²) in [6, 6.07) is 8.19. The van der Waals surface area contributed by atoms with E-state index >= 15 is 0 Å². The molecule has 1 aromatic rings. The fraction of sp³-hybridized carbons (Fsp3) is 0.677. The molecule has 0 unspecified atom stereocenters. The maximum Gasteiger partial charge on any atom is 0.322 e. The van der Waals surface area contributed by atoms with E-state index in [0.717, 1.165) is 55.7 Å². The summed E-state index contributed by atoms with van der Waals surface area (Å²) in [5.41, 5.74) is 2.11. The van der Waals surface area contributed by atoms with Crippen LogP contribution in [-0.4, -0.2) is 30.4 Å². The van der Waals surface area contributed by atoms with E-state index in [0.29, 0.717) is 29.6 Å². The highest BCUT2D eigenvalue weighted by Crippen LogP contribution is 2.64. The highest BCUT2D eigenvalue weighted by atomic mass is 16.5. The molecule has 4 aliphatic carbocycles. The van der Waals surface area contributed by atoms with Crippen LogP contribution in [0.5, 0.6) is 5.75 Å². The third-order valence-electron chi connectivity index (χ3n) is 11.2. The van der Waals surface area contributed by atoms with E-state index in [2.05, 4.69) is 31.3 Å². The standard InChI is InChI=1S/C31H42N2O3/c1-29-14-6-7-25(29)24-20-33(27-19-22(34)12-18-30(27,2)26(24)13-17-29)28(35)32-31(15-4-5-16-31)21-8-10-23(36-3)11-9-21/h8-11,19,24-26H,4-7,12-18,20H2,1-3H3,(H,32,35)/t24-,25-,26-,29-,30+/m0/s1. The third-order valence-corrected chi connectivity index (χ3v) is 11.2. The summed E-state index contributed by atoms with van der Waals surface area (Å²) >= 11 is 0. The number of likely N-dealkylation sites (tertiary alicyclic amines) is 1. The van der Waals surface area contributed by atoms with Gasteiger partial charge in [0.15, 0.2) is 5.78 Å². The van der Waals surface area contributed by atoms with E-state index in [4.69, 9.17) is 4.74 Å². The minimum atomic E-state index is -0.357. The van der Waals surface area contributed by atoms with Crippen molar-refractivity contribution in [3.8, 4) is 5.75 Å². The monoisotopic (exact) mass is 490 g/mol. The second kappa shape index (κ2) is 8.63. The number of ketones is 1. The number of carbonyl (C=O) groups excluding carboxylic acids is 2. The van der Waals surface area contributed by atoms with Gasteiger partial charge >= 0.3 is 6.03 Å². The van der Waals surface area contributed by atoms with Crippen LogP contribution in [-0.2, 0) is 10.3 Å². The summed E-state index contributed by atoms with van der Waals surface area (Å²) in [6.07, 6.45) is 13.9. The first-order chi connectivity index (χ1) is 17.3. The van der Waals surface area contributed by atoms with Crippen molar-refractivity contribution in [3.05, 3.63) is 41.6 Å². The van der Waals surface area contributed by atoms with Crippen LogP contribution >= 0.6 is 0 Å². The smallest absolute Gasteiger partial charge is 0.322 e. The van der Waals surface area contributed by atoms with Crippen LogP contribution in [0.2, 0.25) is 0 Å². The molecule has 5 heteroatoms. The van der Waals surface area contributed by atoms with Gasteiger partial charge in [-0.2, -0.15) is 0 Å². The quantitative estimate of drug-likeness (QED) is 0.521. The lowest BCUT2D eigenvalue weighted by Gasteiger charge is -2.59. The number of ether oxygens (including phenoxy) is 1. The van der Waals surface area contributed by atoms with Crippen molar-refractivity contribution in [2.75, 3.05) is 13.7 Å². The van der Waals surface area contributed by atoms with Crippen LogP contribution in [0.15, 0.2) is 36.0 Å². The molecule has 5 atom stereocenters. The highest BCUT2D eigenvalue weighted by molar-refractivity contribution is 5.93. The van der Waals surface area contributed by atoms with Gasteiger partial charge in [-0.3, -0.25) is 9.69 Å². The van der Waals surface area contributed by atoms with Crippen molar-refractivity contribution >= 4 is 11.8 Å². The second-order valence-electron chi connectivity index (χ2n) is 12.9. The van der Waals surface area contributed by atoms with Crippen LogP contribution in [0.3, 0.4) is 0 Å². The first-order valence-corrected chi connectivity index (χ1v) is 14.3. The van der Waals surface area contributed by atoms with Gasteiger partial charge in [0.2, 0.25) is 0 Å². The predicted molar refractivity (Wildman–Crippen MR) is 140 cm³/mol. The van der Waals surface area contributed by atoms with Crippen molar-refractivity contribution in [2.45, 2.75) is 90.0 Å². The molecule has 0 radical (unpaired) electrons. The first-order valence-electron chi connectivity index (χ1n) is 14.3. The molecule has 0 spiro atoms. The molecule has 1 N–H and O–H groups in total. The van der Waals surface area contributed by atoms with Gasteiger partial charge < -0.3 is 10.1 Å². The summed E-state index contributed by atoms with van der Waals surface area (Å²) in [6.45, 7) is 5.61. The molecule has 6 rings (SSSR count). The summed E-state index contributed by atoms with van der Waals surface area (Å²) in [5.74, 6) is 2.78. The van der Waals surface area contributed by atoms with Crippen molar-refractivity contribution in [2.24, 2.45) is 28.6 Å². The number of hydrogen-bond acceptors (Lipinski definition) is 3. The zero-order valence-electron chi connectivity index (χ0n) is 22.3. The maximum absolute atomic E-state index is 14.2. The zero-order chi connectivity index (χ0) is 25.1. The number of methoxy groups -OCH3 is 1. The number of hydrogen-bond donors (Lipinski definition) is 1. The van der Waals surface area contributed by atoms with Gasteiger partial charge in [-0.05, 0) is 85.8 Å². The lowest BCUT2D eigenvalue weighted by atomic mass is 9.50.